The maximum absolute atomic E-state index is 6.01. The van der Waals surface area contributed by atoms with E-state index in [2.05, 4.69) is 41.5 Å². The topological polar surface area (TPSA) is 59.6 Å². The van der Waals surface area contributed by atoms with E-state index < -0.39 is 0 Å². The maximum Gasteiger partial charge on any atom is 0.193 e. The average Bonchev–Trinajstić information content (AvgIpc) is 2.46. The van der Waals surface area contributed by atoms with E-state index >= 15 is 0 Å². The van der Waals surface area contributed by atoms with Crippen LogP contribution in [0.3, 0.4) is 0 Å². The fraction of sp³-hybridized carbons (Fsp3) is 0.562. The van der Waals surface area contributed by atoms with Crippen molar-refractivity contribution in [1.29, 1.82) is 0 Å². The highest BCUT2D eigenvalue weighted by Gasteiger charge is 2.43. The minimum atomic E-state index is 0.336. The summed E-state index contributed by atoms with van der Waals surface area (Å²) in [5.74, 6) is 1.09. The Hall–Kier alpha value is -1.55. The third-order valence-electron chi connectivity index (χ3n) is 4.40. The molecule has 1 aliphatic heterocycles. The number of ether oxygens (including phenoxy) is 1. The number of nitrogens with one attached hydrogen (secondary N) is 1. The summed E-state index contributed by atoms with van der Waals surface area (Å²) in [5.41, 5.74) is 8.33. The van der Waals surface area contributed by atoms with Gasteiger partial charge in [-0.25, -0.2) is 4.99 Å². The summed E-state index contributed by atoms with van der Waals surface area (Å²) < 4.78 is 5.70. The Kier molecular flexibility index (Phi) is 3.92. The third kappa shape index (κ3) is 2.80. The Bertz CT molecular complexity index is 483. The second kappa shape index (κ2) is 5.83. The van der Waals surface area contributed by atoms with Crippen LogP contribution < -0.4 is 11.1 Å². The lowest BCUT2D eigenvalue weighted by molar-refractivity contribution is -0.0937. The van der Waals surface area contributed by atoms with Crippen LogP contribution in [0.15, 0.2) is 29.3 Å². The zero-order valence-electron chi connectivity index (χ0n) is 12.0. The van der Waals surface area contributed by atoms with Crippen LogP contribution in [0.1, 0.15) is 31.7 Å². The first-order chi connectivity index (χ1) is 9.76. The molecule has 0 radical (unpaired) electrons. The molecule has 2 fully saturated rings. The fourth-order valence-electron chi connectivity index (χ4n) is 3.09. The van der Waals surface area contributed by atoms with E-state index in [4.69, 9.17) is 10.5 Å². The highest BCUT2D eigenvalue weighted by molar-refractivity contribution is 5.92. The molecule has 0 amide bonds. The smallest absolute Gasteiger partial charge is 0.193 e. The maximum atomic E-state index is 6.01. The van der Waals surface area contributed by atoms with Gasteiger partial charge in [0.2, 0.25) is 0 Å². The van der Waals surface area contributed by atoms with Gasteiger partial charge in [-0.2, -0.15) is 0 Å². The first-order valence-electron chi connectivity index (χ1n) is 7.57. The summed E-state index contributed by atoms with van der Waals surface area (Å²) in [6.45, 7) is 3.06. The number of fused-ring (bicyclic) bond motifs is 1. The SMILES string of the molecule is CCc1ccc(NC(N)=NC2CC3OCCCC23)cc1. The van der Waals surface area contributed by atoms with Crippen molar-refractivity contribution in [2.75, 3.05) is 11.9 Å². The van der Waals surface area contributed by atoms with Crippen molar-refractivity contribution in [3.05, 3.63) is 29.8 Å². The van der Waals surface area contributed by atoms with Gasteiger partial charge in [-0.3, -0.25) is 0 Å². The molecule has 2 aliphatic rings. The number of rotatable bonds is 3. The van der Waals surface area contributed by atoms with Crippen LogP contribution in [0.2, 0.25) is 0 Å². The zero-order valence-corrected chi connectivity index (χ0v) is 12.0. The van der Waals surface area contributed by atoms with Crippen LogP contribution in [-0.2, 0) is 11.2 Å². The number of guanidine groups is 1. The molecule has 0 spiro atoms. The molecule has 3 unspecified atom stereocenters. The summed E-state index contributed by atoms with van der Waals surface area (Å²) in [5, 5.41) is 3.17. The van der Waals surface area contributed by atoms with Crippen molar-refractivity contribution in [2.24, 2.45) is 16.6 Å². The predicted molar refractivity (Wildman–Crippen MR) is 81.9 cm³/mol. The average molecular weight is 273 g/mol. The number of nitrogens with zero attached hydrogens (tertiary/aromatic N) is 1. The van der Waals surface area contributed by atoms with Crippen molar-refractivity contribution in [3.8, 4) is 0 Å². The Morgan fingerprint density at radius 2 is 2.20 bits per heavy atom. The first kappa shape index (κ1) is 13.4. The summed E-state index contributed by atoms with van der Waals surface area (Å²) in [6.07, 6.45) is 4.86. The van der Waals surface area contributed by atoms with Crippen LogP contribution in [0.5, 0.6) is 0 Å². The number of hydrogen-bond donors (Lipinski definition) is 2. The Morgan fingerprint density at radius 3 is 2.90 bits per heavy atom. The van der Waals surface area contributed by atoms with Gasteiger partial charge in [-0.05, 0) is 43.4 Å². The number of benzene rings is 1. The highest BCUT2D eigenvalue weighted by Crippen LogP contribution is 2.39. The zero-order chi connectivity index (χ0) is 13.9. The van der Waals surface area contributed by atoms with Crippen LogP contribution >= 0.6 is 0 Å². The van der Waals surface area contributed by atoms with Gasteiger partial charge in [-0.15, -0.1) is 0 Å². The quantitative estimate of drug-likeness (QED) is 0.657. The molecule has 1 saturated carbocycles. The van der Waals surface area contributed by atoms with Gasteiger partial charge in [0.25, 0.3) is 0 Å². The Labute approximate surface area is 120 Å². The molecular formula is C16H23N3O. The van der Waals surface area contributed by atoms with E-state index in [1.807, 2.05) is 0 Å². The Balaban J connectivity index is 1.58. The summed E-state index contributed by atoms with van der Waals surface area (Å²) in [6, 6.07) is 8.67. The van der Waals surface area contributed by atoms with Gasteiger partial charge in [-0.1, -0.05) is 19.1 Å². The van der Waals surface area contributed by atoms with E-state index in [0.29, 0.717) is 24.0 Å². The predicted octanol–water partition coefficient (Wildman–Crippen LogP) is 2.54. The molecule has 4 heteroatoms. The normalized spacial score (nSPS) is 29.4. The second-order valence-electron chi connectivity index (χ2n) is 5.71. The van der Waals surface area contributed by atoms with Crippen molar-refractivity contribution >= 4 is 11.6 Å². The van der Waals surface area contributed by atoms with Crippen LogP contribution in [0, 0.1) is 5.92 Å². The molecule has 0 bridgehead atoms. The van der Waals surface area contributed by atoms with Gasteiger partial charge in [0.1, 0.15) is 0 Å². The molecule has 0 aromatic heterocycles. The van der Waals surface area contributed by atoms with E-state index in [0.717, 1.165) is 31.6 Å². The number of anilines is 1. The van der Waals surface area contributed by atoms with Crippen molar-refractivity contribution in [2.45, 2.75) is 44.8 Å². The van der Waals surface area contributed by atoms with Crippen molar-refractivity contribution in [1.82, 2.24) is 0 Å². The molecular weight excluding hydrogens is 250 g/mol. The molecule has 1 heterocycles. The van der Waals surface area contributed by atoms with E-state index in [9.17, 15) is 0 Å². The van der Waals surface area contributed by atoms with Crippen LogP contribution in [0.4, 0.5) is 5.69 Å². The highest BCUT2D eigenvalue weighted by atomic mass is 16.5. The fourth-order valence-corrected chi connectivity index (χ4v) is 3.09. The lowest BCUT2D eigenvalue weighted by Crippen LogP contribution is -2.49. The van der Waals surface area contributed by atoms with Crippen molar-refractivity contribution < 1.29 is 4.74 Å². The molecule has 1 aromatic carbocycles. The van der Waals surface area contributed by atoms with Crippen LogP contribution in [-0.4, -0.2) is 24.7 Å². The molecule has 1 aliphatic carbocycles. The van der Waals surface area contributed by atoms with Crippen molar-refractivity contribution in [3.63, 3.8) is 0 Å². The van der Waals surface area contributed by atoms with E-state index in [1.165, 1.54) is 12.0 Å². The molecule has 3 rings (SSSR count). The minimum Gasteiger partial charge on any atom is -0.378 e. The lowest BCUT2D eigenvalue weighted by Gasteiger charge is -2.45. The molecule has 20 heavy (non-hydrogen) atoms. The number of aryl methyl sites for hydroxylation is 1. The standard InChI is InChI=1S/C16H23N3O/c1-2-11-5-7-12(8-6-11)18-16(17)19-14-10-15-13(14)4-3-9-20-15/h5-8,13-15H,2-4,9-10H2,1H3,(H3,17,18,19). The third-order valence-corrected chi connectivity index (χ3v) is 4.40. The van der Waals surface area contributed by atoms with Gasteiger partial charge >= 0.3 is 0 Å². The molecule has 1 saturated heterocycles. The number of nitrogens with two attached hydrogens (primary N) is 1. The van der Waals surface area contributed by atoms with Gasteiger partial charge in [0.15, 0.2) is 5.96 Å². The lowest BCUT2D eigenvalue weighted by atomic mass is 9.73. The minimum absolute atomic E-state index is 0.336. The summed E-state index contributed by atoms with van der Waals surface area (Å²) >= 11 is 0. The van der Waals surface area contributed by atoms with E-state index in [1.54, 1.807) is 0 Å². The molecule has 4 nitrogen and oxygen atoms in total. The molecule has 3 N–H and O–H groups in total. The monoisotopic (exact) mass is 273 g/mol. The number of hydrogen-bond acceptors (Lipinski definition) is 2. The largest absolute Gasteiger partial charge is 0.378 e. The second-order valence-corrected chi connectivity index (χ2v) is 5.71. The molecule has 1 aromatic rings. The number of aliphatic imine (C=N–C) groups is 1. The van der Waals surface area contributed by atoms with Gasteiger partial charge in [0, 0.05) is 18.2 Å². The summed E-state index contributed by atoms with van der Waals surface area (Å²) in [7, 11) is 0. The first-order valence-corrected chi connectivity index (χ1v) is 7.57. The molecule has 108 valence electrons. The van der Waals surface area contributed by atoms with Crippen LogP contribution in [0.25, 0.3) is 0 Å². The summed E-state index contributed by atoms with van der Waals surface area (Å²) in [4.78, 5) is 4.61. The Morgan fingerprint density at radius 1 is 1.40 bits per heavy atom. The van der Waals surface area contributed by atoms with E-state index in [-0.39, 0.29) is 0 Å². The van der Waals surface area contributed by atoms with Gasteiger partial charge < -0.3 is 15.8 Å². The van der Waals surface area contributed by atoms with Gasteiger partial charge in [0.05, 0.1) is 12.1 Å². The molecule has 3 atom stereocenters.